The number of nitrogens with one attached hydrogen (secondary N) is 2. The molecular formula is C13H18N2O3. The largest absolute Gasteiger partial charge is 0.491 e. The van der Waals surface area contributed by atoms with E-state index in [9.17, 15) is 4.79 Å². The lowest BCUT2D eigenvalue weighted by Crippen LogP contribution is -2.48. The van der Waals surface area contributed by atoms with E-state index in [1.807, 2.05) is 24.3 Å². The lowest BCUT2D eigenvalue weighted by Gasteiger charge is -2.25. The van der Waals surface area contributed by atoms with Crippen LogP contribution in [0.25, 0.3) is 0 Å². The van der Waals surface area contributed by atoms with E-state index in [0.29, 0.717) is 13.2 Å². The van der Waals surface area contributed by atoms with Crippen molar-refractivity contribution < 1.29 is 14.3 Å². The van der Waals surface area contributed by atoms with Gasteiger partial charge in [-0.15, -0.1) is 0 Å². The second-order valence-corrected chi connectivity index (χ2v) is 4.21. The van der Waals surface area contributed by atoms with Gasteiger partial charge >= 0.3 is 0 Å². The van der Waals surface area contributed by atoms with Gasteiger partial charge in [0.1, 0.15) is 12.4 Å². The molecule has 98 valence electrons. The summed E-state index contributed by atoms with van der Waals surface area (Å²) in [6.07, 6.45) is 0. The Labute approximate surface area is 106 Å². The van der Waals surface area contributed by atoms with Crippen LogP contribution in [0.1, 0.15) is 0 Å². The fraction of sp³-hybridized carbons (Fsp3) is 0.462. The summed E-state index contributed by atoms with van der Waals surface area (Å²) in [5, 5.41) is 5.96. The van der Waals surface area contributed by atoms with E-state index in [2.05, 4.69) is 10.6 Å². The van der Waals surface area contributed by atoms with Gasteiger partial charge in [0.05, 0.1) is 12.5 Å². The van der Waals surface area contributed by atoms with Crippen LogP contribution in [0.2, 0.25) is 0 Å². The number of anilines is 1. The summed E-state index contributed by atoms with van der Waals surface area (Å²) in [7, 11) is 1.63. The first kappa shape index (κ1) is 12.9. The quantitative estimate of drug-likeness (QED) is 0.735. The van der Waals surface area contributed by atoms with Crippen LogP contribution in [-0.2, 0) is 9.53 Å². The number of hydrogen-bond donors (Lipinski definition) is 2. The van der Waals surface area contributed by atoms with Gasteiger partial charge in [-0.2, -0.15) is 0 Å². The zero-order valence-electron chi connectivity index (χ0n) is 10.4. The summed E-state index contributed by atoms with van der Waals surface area (Å²) in [4.78, 5) is 11.8. The molecule has 5 heteroatoms. The standard InChI is InChI=1S/C13H18N2O3/c1-17-5-6-18-12-4-2-3-11(7-12)15-13(16)10-8-14-9-10/h2-4,7,10,14H,5-6,8-9H2,1H3,(H,15,16). The van der Waals surface area contributed by atoms with Gasteiger partial charge in [-0.3, -0.25) is 4.79 Å². The van der Waals surface area contributed by atoms with Gasteiger partial charge in [0.25, 0.3) is 0 Å². The topological polar surface area (TPSA) is 59.6 Å². The van der Waals surface area contributed by atoms with Gasteiger partial charge in [-0.1, -0.05) is 6.07 Å². The van der Waals surface area contributed by atoms with Gasteiger partial charge in [-0.25, -0.2) is 0 Å². The van der Waals surface area contributed by atoms with Gasteiger partial charge in [0.15, 0.2) is 0 Å². The average molecular weight is 250 g/mol. The van der Waals surface area contributed by atoms with E-state index in [1.54, 1.807) is 7.11 Å². The Bertz CT molecular complexity index is 405. The van der Waals surface area contributed by atoms with E-state index in [0.717, 1.165) is 24.5 Å². The molecule has 1 aromatic carbocycles. The molecule has 2 rings (SSSR count). The van der Waals surface area contributed by atoms with Crippen LogP contribution in [0.4, 0.5) is 5.69 Å². The smallest absolute Gasteiger partial charge is 0.230 e. The van der Waals surface area contributed by atoms with Crippen molar-refractivity contribution in [3.05, 3.63) is 24.3 Å². The minimum Gasteiger partial charge on any atom is -0.491 e. The van der Waals surface area contributed by atoms with E-state index in [-0.39, 0.29) is 11.8 Å². The highest BCUT2D eigenvalue weighted by Gasteiger charge is 2.24. The maximum Gasteiger partial charge on any atom is 0.230 e. The first-order chi connectivity index (χ1) is 8.79. The van der Waals surface area contributed by atoms with Crippen molar-refractivity contribution in [2.75, 3.05) is 38.7 Å². The van der Waals surface area contributed by atoms with Crippen molar-refractivity contribution in [2.45, 2.75) is 0 Å². The maximum atomic E-state index is 11.8. The molecule has 0 bridgehead atoms. The highest BCUT2D eigenvalue weighted by molar-refractivity contribution is 5.93. The Balaban J connectivity index is 1.87. The number of hydrogen-bond acceptors (Lipinski definition) is 4. The molecule has 0 aromatic heterocycles. The Hall–Kier alpha value is -1.59. The number of benzene rings is 1. The summed E-state index contributed by atoms with van der Waals surface area (Å²) in [6, 6.07) is 7.39. The second kappa shape index (κ2) is 6.37. The maximum absolute atomic E-state index is 11.8. The summed E-state index contributed by atoms with van der Waals surface area (Å²) < 4.78 is 10.4. The highest BCUT2D eigenvalue weighted by Crippen LogP contribution is 2.18. The molecule has 1 aromatic rings. The molecule has 1 aliphatic rings. The summed E-state index contributed by atoms with van der Waals surface area (Å²) in [5.41, 5.74) is 0.766. The number of carbonyl (C=O) groups is 1. The average Bonchev–Trinajstić information content (AvgIpc) is 2.27. The molecule has 5 nitrogen and oxygen atoms in total. The number of methoxy groups -OCH3 is 1. The van der Waals surface area contributed by atoms with E-state index >= 15 is 0 Å². The molecule has 0 spiro atoms. The molecule has 0 atom stereocenters. The van der Waals surface area contributed by atoms with Crippen LogP contribution in [-0.4, -0.2) is 39.3 Å². The third-order valence-electron chi connectivity index (χ3n) is 2.81. The molecule has 1 amide bonds. The molecule has 0 radical (unpaired) electrons. The van der Waals surface area contributed by atoms with Crippen molar-refractivity contribution in [3.63, 3.8) is 0 Å². The van der Waals surface area contributed by atoms with E-state index in [4.69, 9.17) is 9.47 Å². The fourth-order valence-electron chi connectivity index (χ4n) is 1.62. The number of amides is 1. The van der Waals surface area contributed by atoms with Gasteiger partial charge in [-0.05, 0) is 12.1 Å². The molecule has 2 N–H and O–H groups in total. The Kier molecular flexibility index (Phi) is 4.55. The van der Waals surface area contributed by atoms with Crippen LogP contribution in [0.15, 0.2) is 24.3 Å². The molecule has 0 aliphatic carbocycles. The van der Waals surface area contributed by atoms with E-state index in [1.165, 1.54) is 0 Å². The van der Waals surface area contributed by atoms with Gasteiger partial charge < -0.3 is 20.1 Å². The van der Waals surface area contributed by atoms with Gasteiger partial charge in [0.2, 0.25) is 5.91 Å². The van der Waals surface area contributed by atoms with Crippen LogP contribution in [0, 0.1) is 5.92 Å². The number of rotatable bonds is 6. The molecule has 1 heterocycles. The SMILES string of the molecule is COCCOc1cccc(NC(=O)C2CNC2)c1. The number of ether oxygens (including phenoxy) is 2. The van der Waals surface area contributed by atoms with Crippen LogP contribution in [0.3, 0.4) is 0 Å². The second-order valence-electron chi connectivity index (χ2n) is 4.21. The van der Waals surface area contributed by atoms with Crippen molar-refractivity contribution >= 4 is 11.6 Å². The first-order valence-electron chi connectivity index (χ1n) is 6.03. The summed E-state index contributed by atoms with van der Waals surface area (Å²) in [5.74, 6) is 0.877. The predicted octanol–water partition coefficient (Wildman–Crippen LogP) is 0.870. The highest BCUT2D eigenvalue weighted by atomic mass is 16.5. The Morgan fingerprint density at radius 3 is 2.94 bits per heavy atom. The third-order valence-corrected chi connectivity index (χ3v) is 2.81. The molecular weight excluding hydrogens is 232 g/mol. The summed E-state index contributed by atoms with van der Waals surface area (Å²) in [6.45, 7) is 2.57. The molecule has 1 fully saturated rings. The lowest BCUT2D eigenvalue weighted by molar-refractivity contribution is -0.121. The normalized spacial score (nSPS) is 14.9. The fourth-order valence-corrected chi connectivity index (χ4v) is 1.62. The van der Waals surface area contributed by atoms with Crippen LogP contribution >= 0.6 is 0 Å². The van der Waals surface area contributed by atoms with E-state index < -0.39 is 0 Å². The molecule has 0 saturated carbocycles. The first-order valence-corrected chi connectivity index (χ1v) is 6.03. The van der Waals surface area contributed by atoms with Crippen molar-refractivity contribution in [2.24, 2.45) is 5.92 Å². The third kappa shape index (κ3) is 3.45. The molecule has 1 saturated heterocycles. The van der Waals surface area contributed by atoms with Crippen molar-refractivity contribution in [1.29, 1.82) is 0 Å². The molecule has 1 aliphatic heterocycles. The minimum atomic E-state index is 0.0581. The Morgan fingerprint density at radius 2 is 2.28 bits per heavy atom. The zero-order valence-corrected chi connectivity index (χ0v) is 10.4. The van der Waals surface area contributed by atoms with Gasteiger partial charge in [0, 0.05) is 32.0 Å². The Morgan fingerprint density at radius 1 is 1.44 bits per heavy atom. The van der Waals surface area contributed by atoms with Crippen molar-refractivity contribution in [1.82, 2.24) is 5.32 Å². The van der Waals surface area contributed by atoms with Crippen LogP contribution < -0.4 is 15.4 Å². The van der Waals surface area contributed by atoms with Crippen molar-refractivity contribution in [3.8, 4) is 5.75 Å². The monoisotopic (exact) mass is 250 g/mol. The number of carbonyl (C=O) groups excluding carboxylic acids is 1. The molecule has 18 heavy (non-hydrogen) atoms. The summed E-state index contributed by atoms with van der Waals surface area (Å²) >= 11 is 0. The van der Waals surface area contributed by atoms with Crippen LogP contribution in [0.5, 0.6) is 5.75 Å². The minimum absolute atomic E-state index is 0.0581. The lowest BCUT2D eigenvalue weighted by atomic mass is 10.0. The predicted molar refractivity (Wildman–Crippen MR) is 68.8 cm³/mol. The zero-order chi connectivity index (χ0) is 12.8. The molecule has 0 unspecified atom stereocenters.